The maximum absolute atomic E-state index is 12.0. The van der Waals surface area contributed by atoms with Gasteiger partial charge < -0.3 is 20.3 Å². The SMILES string of the molecule is C[C@H]1CN(c2ccc(NC(=O)NCc3cccnc3)cc2)C[C@H](C)O1. The molecule has 2 N–H and O–H groups in total. The molecule has 2 atom stereocenters. The average molecular weight is 340 g/mol. The molecule has 0 bridgehead atoms. The van der Waals surface area contributed by atoms with Crippen molar-refractivity contribution in [2.75, 3.05) is 23.3 Å². The monoisotopic (exact) mass is 340 g/mol. The summed E-state index contributed by atoms with van der Waals surface area (Å²) in [6.45, 7) is 6.38. The molecule has 0 unspecified atom stereocenters. The Labute approximate surface area is 148 Å². The molecule has 2 heterocycles. The molecule has 2 amide bonds. The number of carbonyl (C=O) groups excluding carboxylic acids is 1. The van der Waals surface area contributed by atoms with Gasteiger partial charge >= 0.3 is 6.03 Å². The zero-order valence-corrected chi connectivity index (χ0v) is 14.6. The minimum absolute atomic E-state index is 0.222. The first kappa shape index (κ1) is 17.2. The van der Waals surface area contributed by atoms with Gasteiger partial charge in [-0.25, -0.2) is 4.79 Å². The standard InChI is InChI=1S/C19H24N4O2/c1-14-12-23(13-15(2)25-14)18-7-5-17(6-8-18)22-19(24)21-11-16-4-3-9-20-10-16/h3-10,14-15H,11-13H2,1-2H3,(H2,21,22,24)/t14-,15-/m0/s1. The maximum Gasteiger partial charge on any atom is 0.319 e. The lowest BCUT2D eigenvalue weighted by atomic mass is 10.2. The first-order valence-corrected chi connectivity index (χ1v) is 8.54. The third kappa shape index (κ3) is 4.93. The molecule has 1 aliphatic heterocycles. The van der Waals surface area contributed by atoms with Crippen LogP contribution < -0.4 is 15.5 Å². The number of urea groups is 1. The van der Waals surface area contributed by atoms with E-state index >= 15 is 0 Å². The smallest absolute Gasteiger partial charge is 0.319 e. The quantitative estimate of drug-likeness (QED) is 0.898. The van der Waals surface area contributed by atoms with E-state index in [2.05, 4.69) is 34.4 Å². The van der Waals surface area contributed by atoms with Crippen LogP contribution >= 0.6 is 0 Å². The number of nitrogens with one attached hydrogen (secondary N) is 2. The highest BCUT2D eigenvalue weighted by atomic mass is 16.5. The number of carbonyl (C=O) groups is 1. The van der Waals surface area contributed by atoms with Crippen LogP contribution in [0.15, 0.2) is 48.8 Å². The van der Waals surface area contributed by atoms with Gasteiger partial charge in [-0.1, -0.05) is 6.07 Å². The Balaban J connectivity index is 1.52. The predicted octanol–water partition coefficient (Wildman–Crippen LogP) is 3.02. The first-order chi connectivity index (χ1) is 12.1. The summed E-state index contributed by atoms with van der Waals surface area (Å²) >= 11 is 0. The molecule has 132 valence electrons. The summed E-state index contributed by atoms with van der Waals surface area (Å²) in [5.74, 6) is 0. The highest BCUT2D eigenvalue weighted by Gasteiger charge is 2.22. The number of hydrogen-bond donors (Lipinski definition) is 2. The molecule has 1 aliphatic rings. The van der Waals surface area contributed by atoms with Gasteiger partial charge in [0.1, 0.15) is 0 Å². The van der Waals surface area contributed by atoms with Crippen molar-refractivity contribution >= 4 is 17.4 Å². The van der Waals surface area contributed by atoms with Gasteiger partial charge in [-0.2, -0.15) is 0 Å². The van der Waals surface area contributed by atoms with Crippen LogP contribution in [0.1, 0.15) is 19.4 Å². The molecule has 1 fully saturated rings. The van der Waals surface area contributed by atoms with Gasteiger partial charge in [0.25, 0.3) is 0 Å². The van der Waals surface area contributed by atoms with Gasteiger partial charge in [0.15, 0.2) is 0 Å². The summed E-state index contributed by atoms with van der Waals surface area (Å²) in [5, 5.41) is 5.67. The topological polar surface area (TPSA) is 66.5 Å². The number of morpholine rings is 1. The molecule has 0 spiro atoms. The number of pyridine rings is 1. The molecule has 6 heteroatoms. The maximum atomic E-state index is 12.0. The first-order valence-electron chi connectivity index (χ1n) is 8.54. The van der Waals surface area contributed by atoms with E-state index in [0.717, 1.165) is 30.0 Å². The van der Waals surface area contributed by atoms with E-state index in [4.69, 9.17) is 4.74 Å². The summed E-state index contributed by atoms with van der Waals surface area (Å²) in [7, 11) is 0. The number of ether oxygens (including phenoxy) is 1. The average Bonchev–Trinajstić information content (AvgIpc) is 2.61. The molecule has 1 aromatic carbocycles. The predicted molar refractivity (Wildman–Crippen MR) is 98.8 cm³/mol. The van der Waals surface area contributed by atoms with Crippen LogP contribution in [0, 0.1) is 0 Å². The Kier molecular flexibility index (Phi) is 5.50. The van der Waals surface area contributed by atoms with E-state index in [-0.39, 0.29) is 18.2 Å². The number of hydrogen-bond acceptors (Lipinski definition) is 4. The second-order valence-electron chi connectivity index (χ2n) is 6.38. The van der Waals surface area contributed by atoms with Crippen LogP contribution in [0.25, 0.3) is 0 Å². The Morgan fingerprint density at radius 3 is 2.56 bits per heavy atom. The van der Waals surface area contributed by atoms with Gasteiger partial charge in [0.2, 0.25) is 0 Å². The summed E-state index contributed by atoms with van der Waals surface area (Å²) in [4.78, 5) is 18.3. The minimum atomic E-state index is -0.231. The molecule has 0 aliphatic carbocycles. The Bertz CT molecular complexity index is 680. The number of anilines is 2. The largest absolute Gasteiger partial charge is 0.372 e. The van der Waals surface area contributed by atoms with Crippen LogP contribution in [0.2, 0.25) is 0 Å². The van der Waals surface area contributed by atoms with Crippen molar-refractivity contribution in [3.8, 4) is 0 Å². The van der Waals surface area contributed by atoms with Gasteiger partial charge in [-0.3, -0.25) is 4.98 Å². The highest BCUT2D eigenvalue weighted by molar-refractivity contribution is 5.89. The van der Waals surface area contributed by atoms with E-state index in [1.165, 1.54) is 0 Å². The molecular formula is C19H24N4O2. The number of rotatable bonds is 4. The Morgan fingerprint density at radius 2 is 1.92 bits per heavy atom. The van der Waals surface area contributed by atoms with Crippen molar-refractivity contribution in [2.45, 2.75) is 32.6 Å². The van der Waals surface area contributed by atoms with Gasteiger partial charge in [-0.05, 0) is 49.7 Å². The molecule has 3 rings (SSSR count). The minimum Gasteiger partial charge on any atom is -0.372 e. The van der Waals surface area contributed by atoms with Crippen molar-refractivity contribution in [1.82, 2.24) is 10.3 Å². The van der Waals surface area contributed by atoms with Crippen molar-refractivity contribution in [3.05, 3.63) is 54.4 Å². The summed E-state index contributed by atoms with van der Waals surface area (Å²) in [6.07, 6.45) is 3.89. The lowest BCUT2D eigenvalue weighted by Gasteiger charge is -2.36. The molecule has 0 radical (unpaired) electrons. The highest BCUT2D eigenvalue weighted by Crippen LogP contribution is 2.22. The van der Waals surface area contributed by atoms with Crippen LogP contribution in [0.5, 0.6) is 0 Å². The number of nitrogens with zero attached hydrogens (tertiary/aromatic N) is 2. The van der Waals surface area contributed by atoms with Crippen molar-refractivity contribution < 1.29 is 9.53 Å². The van der Waals surface area contributed by atoms with Crippen molar-refractivity contribution in [2.24, 2.45) is 0 Å². The van der Waals surface area contributed by atoms with Gasteiger partial charge in [0, 0.05) is 43.4 Å². The van der Waals surface area contributed by atoms with E-state index < -0.39 is 0 Å². The summed E-state index contributed by atoms with van der Waals surface area (Å²) in [6, 6.07) is 11.4. The lowest BCUT2D eigenvalue weighted by Crippen LogP contribution is -2.45. The van der Waals surface area contributed by atoms with E-state index in [0.29, 0.717) is 6.54 Å². The van der Waals surface area contributed by atoms with Crippen molar-refractivity contribution in [1.29, 1.82) is 0 Å². The van der Waals surface area contributed by atoms with Gasteiger partial charge in [-0.15, -0.1) is 0 Å². The van der Waals surface area contributed by atoms with E-state index in [9.17, 15) is 4.79 Å². The molecule has 1 aromatic heterocycles. The zero-order valence-electron chi connectivity index (χ0n) is 14.6. The molecule has 25 heavy (non-hydrogen) atoms. The number of benzene rings is 1. The van der Waals surface area contributed by atoms with Gasteiger partial charge in [0.05, 0.1) is 12.2 Å². The number of amides is 2. The fourth-order valence-electron chi connectivity index (χ4n) is 3.00. The molecule has 6 nitrogen and oxygen atoms in total. The lowest BCUT2D eigenvalue weighted by molar-refractivity contribution is -0.00521. The third-order valence-electron chi connectivity index (χ3n) is 4.09. The van der Waals surface area contributed by atoms with E-state index in [1.807, 2.05) is 36.4 Å². The second-order valence-corrected chi connectivity index (χ2v) is 6.38. The van der Waals surface area contributed by atoms with E-state index in [1.54, 1.807) is 12.4 Å². The molecular weight excluding hydrogens is 316 g/mol. The van der Waals surface area contributed by atoms with Crippen LogP contribution in [-0.4, -0.2) is 36.3 Å². The summed E-state index contributed by atoms with van der Waals surface area (Å²) in [5.41, 5.74) is 2.87. The molecule has 0 saturated carbocycles. The fraction of sp³-hybridized carbons (Fsp3) is 0.368. The van der Waals surface area contributed by atoms with Crippen LogP contribution in [0.3, 0.4) is 0 Å². The third-order valence-corrected chi connectivity index (χ3v) is 4.09. The zero-order chi connectivity index (χ0) is 17.6. The van der Waals surface area contributed by atoms with Crippen molar-refractivity contribution in [3.63, 3.8) is 0 Å². The van der Waals surface area contributed by atoms with Crippen LogP contribution in [-0.2, 0) is 11.3 Å². The normalized spacial score (nSPS) is 20.2. The number of aromatic nitrogens is 1. The second kappa shape index (κ2) is 7.98. The fourth-order valence-corrected chi connectivity index (χ4v) is 3.00. The Morgan fingerprint density at radius 1 is 1.20 bits per heavy atom. The summed E-state index contributed by atoms with van der Waals surface area (Å²) < 4.78 is 5.77. The Hall–Kier alpha value is -2.60. The molecule has 1 saturated heterocycles. The molecule has 2 aromatic rings. The van der Waals surface area contributed by atoms with Crippen LogP contribution in [0.4, 0.5) is 16.2 Å².